The Morgan fingerprint density at radius 3 is 2.06 bits per heavy atom. The summed E-state index contributed by atoms with van der Waals surface area (Å²) in [6.07, 6.45) is 0.146. The fraction of sp³-hybridized carbons (Fsp3) is 0.385. The van der Waals surface area contributed by atoms with Gasteiger partial charge in [0.15, 0.2) is 0 Å². The summed E-state index contributed by atoms with van der Waals surface area (Å²) in [4.78, 5) is 23.3. The monoisotopic (exact) mass is 238 g/mol. The number of carbonyl (C=O) groups is 2. The van der Waals surface area contributed by atoms with Gasteiger partial charge in [0, 0.05) is 16.9 Å². The van der Waals surface area contributed by atoms with Crippen LogP contribution in [0, 0.1) is 5.41 Å². The molecule has 0 aliphatic rings. The standard InChI is InChI=1S/C13H15ClO2/c1-13(2,3)12(16)11(15)8-9-4-6-10(14)7-5-9/h4-7H,8H2,1-3H3. The van der Waals surface area contributed by atoms with Gasteiger partial charge < -0.3 is 0 Å². The molecular formula is C13H15ClO2. The van der Waals surface area contributed by atoms with E-state index >= 15 is 0 Å². The predicted molar refractivity (Wildman–Crippen MR) is 64.6 cm³/mol. The van der Waals surface area contributed by atoms with Gasteiger partial charge in [0.25, 0.3) is 0 Å². The highest BCUT2D eigenvalue weighted by molar-refractivity contribution is 6.39. The van der Waals surface area contributed by atoms with Gasteiger partial charge in [-0.15, -0.1) is 0 Å². The van der Waals surface area contributed by atoms with Crippen molar-refractivity contribution < 1.29 is 9.59 Å². The van der Waals surface area contributed by atoms with E-state index in [1.807, 2.05) is 0 Å². The minimum Gasteiger partial charge on any atom is -0.290 e. The summed E-state index contributed by atoms with van der Waals surface area (Å²) in [6.45, 7) is 5.24. The zero-order valence-corrected chi connectivity index (χ0v) is 10.5. The molecule has 86 valence electrons. The lowest BCUT2D eigenvalue weighted by Gasteiger charge is -2.15. The van der Waals surface area contributed by atoms with Gasteiger partial charge in [0.05, 0.1) is 0 Å². The molecule has 1 aromatic carbocycles. The SMILES string of the molecule is CC(C)(C)C(=O)C(=O)Cc1ccc(Cl)cc1. The third-order valence-corrected chi connectivity index (χ3v) is 2.46. The number of carbonyl (C=O) groups excluding carboxylic acids is 2. The first-order valence-corrected chi connectivity index (χ1v) is 5.50. The van der Waals surface area contributed by atoms with Crippen LogP contribution in [-0.2, 0) is 16.0 Å². The molecule has 0 saturated heterocycles. The zero-order chi connectivity index (χ0) is 12.3. The van der Waals surface area contributed by atoms with E-state index in [4.69, 9.17) is 11.6 Å². The van der Waals surface area contributed by atoms with Crippen LogP contribution in [0.25, 0.3) is 0 Å². The molecule has 0 saturated carbocycles. The second kappa shape index (κ2) is 4.79. The summed E-state index contributed by atoms with van der Waals surface area (Å²) >= 11 is 5.73. The van der Waals surface area contributed by atoms with Crippen LogP contribution in [0.1, 0.15) is 26.3 Å². The second-order valence-corrected chi connectivity index (χ2v) is 5.24. The van der Waals surface area contributed by atoms with Gasteiger partial charge in [-0.2, -0.15) is 0 Å². The minimum absolute atomic E-state index is 0.146. The number of hydrogen-bond acceptors (Lipinski definition) is 2. The fourth-order valence-electron chi connectivity index (χ4n) is 1.29. The molecule has 0 spiro atoms. The highest BCUT2D eigenvalue weighted by Crippen LogP contribution is 2.17. The third-order valence-electron chi connectivity index (χ3n) is 2.21. The van der Waals surface area contributed by atoms with Gasteiger partial charge in [-0.25, -0.2) is 0 Å². The van der Waals surface area contributed by atoms with Crippen LogP contribution in [-0.4, -0.2) is 11.6 Å². The maximum Gasteiger partial charge on any atom is 0.204 e. The molecule has 0 bridgehead atoms. The molecule has 0 N–H and O–H groups in total. The topological polar surface area (TPSA) is 34.1 Å². The zero-order valence-electron chi connectivity index (χ0n) is 9.71. The molecule has 1 rings (SSSR count). The van der Waals surface area contributed by atoms with E-state index in [-0.39, 0.29) is 18.0 Å². The Morgan fingerprint density at radius 1 is 1.12 bits per heavy atom. The van der Waals surface area contributed by atoms with Gasteiger partial charge >= 0.3 is 0 Å². The van der Waals surface area contributed by atoms with Crippen molar-refractivity contribution in [3.63, 3.8) is 0 Å². The van der Waals surface area contributed by atoms with Crippen LogP contribution >= 0.6 is 11.6 Å². The maximum absolute atomic E-state index is 11.7. The normalized spacial score (nSPS) is 11.2. The first-order chi connectivity index (χ1) is 7.30. The Bertz CT molecular complexity index is 399. The van der Waals surface area contributed by atoms with Crippen molar-refractivity contribution in [2.24, 2.45) is 5.41 Å². The molecule has 0 fully saturated rings. The molecule has 1 aromatic rings. The van der Waals surface area contributed by atoms with E-state index in [1.54, 1.807) is 45.0 Å². The first kappa shape index (κ1) is 12.9. The molecule has 0 heterocycles. The molecule has 2 nitrogen and oxygen atoms in total. The highest BCUT2D eigenvalue weighted by atomic mass is 35.5. The van der Waals surface area contributed by atoms with E-state index < -0.39 is 5.41 Å². The predicted octanol–water partition coefficient (Wildman–Crippen LogP) is 3.07. The van der Waals surface area contributed by atoms with Crippen LogP contribution in [0.5, 0.6) is 0 Å². The first-order valence-electron chi connectivity index (χ1n) is 5.13. The second-order valence-electron chi connectivity index (χ2n) is 4.81. The van der Waals surface area contributed by atoms with Crippen molar-refractivity contribution >= 4 is 23.2 Å². The Kier molecular flexibility index (Phi) is 3.87. The largest absolute Gasteiger partial charge is 0.290 e. The van der Waals surface area contributed by atoms with Crippen LogP contribution < -0.4 is 0 Å². The molecule has 0 radical (unpaired) electrons. The summed E-state index contributed by atoms with van der Waals surface area (Å²) in [5.41, 5.74) is 0.204. The quantitative estimate of drug-likeness (QED) is 0.759. The maximum atomic E-state index is 11.7. The number of halogens is 1. The van der Waals surface area contributed by atoms with E-state index in [0.29, 0.717) is 5.02 Å². The molecule has 0 aliphatic heterocycles. The molecule has 0 aromatic heterocycles. The van der Waals surface area contributed by atoms with Crippen molar-refractivity contribution in [3.8, 4) is 0 Å². The Balaban J connectivity index is 2.72. The van der Waals surface area contributed by atoms with Crippen molar-refractivity contribution in [2.75, 3.05) is 0 Å². The third kappa shape index (κ3) is 3.46. The number of ketones is 2. The van der Waals surface area contributed by atoms with Crippen molar-refractivity contribution in [2.45, 2.75) is 27.2 Å². The van der Waals surface area contributed by atoms with Crippen molar-refractivity contribution in [1.82, 2.24) is 0 Å². The van der Waals surface area contributed by atoms with Crippen LogP contribution in [0.3, 0.4) is 0 Å². The van der Waals surface area contributed by atoms with Crippen LogP contribution in [0.4, 0.5) is 0 Å². The number of hydrogen-bond donors (Lipinski definition) is 0. The Hall–Kier alpha value is -1.15. The summed E-state index contributed by atoms with van der Waals surface area (Å²) in [7, 11) is 0. The lowest BCUT2D eigenvalue weighted by Crippen LogP contribution is -2.29. The minimum atomic E-state index is -0.608. The van der Waals surface area contributed by atoms with Gasteiger partial charge in [-0.1, -0.05) is 44.5 Å². The number of benzene rings is 1. The van der Waals surface area contributed by atoms with Gasteiger partial charge in [-0.05, 0) is 17.7 Å². The molecule has 0 amide bonds. The van der Waals surface area contributed by atoms with Crippen molar-refractivity contribution in [1.29, 1.82) is 0 Å². The number of rotatable bonds is 3. The van der Waals surface area contributed by atoms with Crippen molar-refractivity contribution in [3.05, 3.63) is 34.9 Å². The molecule has 0 atom stereocenters. The van der Waals surface area contributed by atoms with E-state index in [2.05, 4.69) is 0 Å². The van der Waals surface area contributed by atoms with Crippen LogP contribution in [0.2, 0.25) is 5.02 Å². The summed E-state index contributed by atoms with van der Waals surface area (Å²) in [5.74, 6) is -0.683. The average Bonchev–Trinajstić information content (AvgIpc) is 2.19. The average molecular weight is 239 g/mol. The fourth-order valence-corrected chi connectivity index (χ4v) is 1.41. The lowest BCUT2D eigenvalue weighted by molar-refractivity contribution is -0.140. The molecule has 16 heavy (non-hydrogen) atoms. The summed E-state index contributed by atoms with van der Waals surface area (Å²) in [6, 6.07) is 6.95. The highest BCUT2D eigenvalue weighted by Gasteiger charge is 2.27. The van der Waals surface area contributed by atoms with E-state index in [9.17, 15) is 9.59 Å². The summed E-state index contributed by atoms with van der Waals surface area (Å²) in [5, 5.41) is 0.623. The van der Waals surface area contributed by atoms with Gasteiger partial charge in [-0.3, -0.25) is 9.59 Å². The summed E-state index contributed by atoms with van der Waals surface area (Å²) < 4.78 is 0. The van der Waals surface area contributed by atoms with E-state index in [0.717, 1.165) is 5.56 Å². The molecule has 0 aliphatic carbocycles. The smallest absolute Gasteiger partial charge is 0.204 e. The number of Topliss-reactive ketones (excluding diaryl/α,β-unsaturated/α-hetero) is 2. The Labute approximate surface area is 101 Å². The molecule has 0 unspecified atom stereocenters. The van der Waals surface area contributed by atoms with Gasteiger partial charge in [0.1, 0.15) is 0 Å². The Morgan fingerprint density at radius 2 is 1.62 bits per heavy atom. The lowest BCUT2D eigenvalue weighted by atomic mass is 9.86. The van der Waals surface area contributed by atoms with E-state index in [1.165, 1.54) is 0 Å². The van der Waals surface area contributed by atoms with Gasteiger partial charge in [0.2, 0.25) is 11.6 Å². The molecule has 3 heteroatoms. The van der Waals surface area contributed by atoms with Crippen LogP contribution in [0.15, 0.2) is 24.3 Å². The molecular weight excluding hydrogens is 224 g/mol.